The lowest BCUT2D eigenvalue weighted by Crippen LogP contribution is -2.18. The summed E-state index contributed by atoms with van der Waals surface area (Å²) in [5.41, 5.74) is 0.555. The Bertz CT molecular complexity index is 173. The molecule has 0 bridgehead atoms. The Morgan fingerprint density at radius 2 is 2.00 bits per heavy atom. The van der Waals surface area contributed by atoms with Gasteiger partial charge >= 0.3 is 0 Å². The molecule has 2 N–H and O–H groups in total. The molecule has 11 heavy (non-hydrogen) atoms. The van der Waals surface area contributed by atoms with Crippen molar-refractivity contribution in [1.29, 1.82) is 0 Å². The zero-order valence-electron chi connectivity index (χ0n) is 7.27. The van der Waals surface area contributed by atoms with Crippen LogP contribution in [-0.2, 0) is 4.79 Å². The highest BCUT2D eigenvalue weighted by atomic mass is 16.3. The fourth-order valence-corrected chi connectivity index (χ4v) is 0.760. The first-order chi connectivity index (χ1) is 5.07. The molecule has 0 fully saturated rings. The molecule has 0 aromatic heterocycles. The van der Waals surface area contributed by atoms with Gasteiger partial charge in [-0.2, -0.15) is 0 Å². The van der Waals surface area contributed by atoms with Crippen molar-refractivity contribution < 1.29 is 9.90 Å². The topological polar surface area (TPSA) is 49.3 Å². The van der Waals surface area contributed by atoms with Crippen molar-refractivity contribution in [2.24, 2.45) is 0 Å². The normalized spacial score (nSPS) is 12.3. The summed E-state index contributed by atoms with van der Waals surface area (Å²) in [6.45, 7) is 5.08. The monoisotopic (exact) mass is 157 g/mol. The third-order valence-electron chi connectivity index (χ3n) is 1.28. The van der Waals surface area contributed by atoms with Crippen LogP contribution in [0.3, 0.4) is 0 Å². The summed E-state index contributed by atoms with van der Waals surface area (Å²) >= 11 is 0. The maximum atomic E-state index is 10.5. The van der Waals surface area contributed by atoms with Gasteiger partial charge < -0.3 is 10.4 Å². The van der Waals surface area contributed by atoms with Gasteiger partial charge in [0.05, 0.1) is 5.70 Å². The number of nitrogens with one attached hydrogen (secondary N) is 1. The molecule has 0 aliphatic heterocycles. The molecule has 0 spiro atoms. The van der Waals surface area contributed by atoms with Gasteiger partial charge in [0.2, 0.25) is 5.91 Å². The molecule has 64 valence electrons. The molecule has 0 unspecified atom stereocenters. The lowest BCUT2D eigenvalue weighted by molar-refractivity contribution is -0.118. The van der Waals surface area contributed by atoms with Crippen LogP contribution in [0.4, 0.5) is 0 Å². The Kier molecular flexibility index (Phi) is 4.34. The van der Waals surface area contributed by atoms with E-state index in [1.165, 1.54) is 6.92 Å². The van der Waals surface area contributed by atoms with Gasteiger partial charge in [-0.05, 0) is 13.3 Å². The van der Waals surface area contributed by atoms with Crippen LogP contribution >= 0.6 is 0 Å². The van der Waals surface area contributed by atoms with Gasteiger partial charge in [-0.1, -0.05) is 6.92 Å². The fourth-order valence-electron chi connectivity index (χ4n) is 0.760. The molecule has 0 saturated carbocycles. The summed E-state index contributed by atoms with van der Waals surface area (Å²) in [7, 11) is 0. The number of carbonyl (C=O) groups is 1. The van der Waals surface area contributed by atoms with Gasteiger partial charge in [0.25, 0.3) is 0 Å². The number of carbonyl (C=O) groups excluding carboxylic acids is 1. The number of allylic oxidation sites excluding steroid dienone is 2. The van der Waals surface area contributed by atoms with Crippen LogP contribution < -0.4 is 5.32 Å². The smallest absolute Gasteiger partial charge is 0.221 e. The minimum absolute atomic E-state index is 0.148. The average molecular weight is 157 g/mol. The fraction of sp³-hybridized carbons (Fsp3) is 0.625. The molecule has 0 radical (unpaired) electrons. The number of hydrogen-bond acceptors (Lipinski definition) is 2. The Morgan fingerprint density at radius 1 is 1.45 bits per heavy atom. The summed E-state index contributed by atoms with van der Waals surface area (Å²) in [6.07, 6.45) is 1.49. The molecule has 0 aromatic carbocycles. The van der Waals surface area contributed by atoms with Gasteiger partial charge in [0.1, 0.15) is 5.76 Å². The van der Waals surface area contributed by atoms with Crippen LogP contribution in [0.1, 0.15) is 33.6 Å². The van der Waals surface area contributed by atoms with Crippen LogP contribution in [0.15, 0.2) is 11.5 Å². The highest BCUT2D eigenvalue weighted by Crippen LogP contribution is 2.04. The molecule has 3 nitrogen and oxygen atoms in total. The average Bonchev–Trinajstić information content (AvgIpc) is 1.86. The van der Waals surface area contributed by atoms with Gasteiger partial charge in [-0.15, -0.1) is 0 Å². The van der Waals surface area contributed by atoms with Crippen LogP contribution in [0.5, 0.6) is 0 Å². The van der Waals surface area contributed by atoms with Crippen LogP contribution in [0, 0.1) is 0 Å². The number of aliphatic hydroxyl groups is 1. The van der Waals surface area contributed by atoms with E-state index < -0.39 is 0 Å². The van der Waals surface area contributed by atoms with Gasteiger partial charge in [0, 0.05) is 13.3 Å². The van der Waals surface area contributed by atoms with Crippen LogP contribution in [0.2, 0.25) is 0 Å². The summed E-state index contributed by atoms with van der Waals surface area (Å²) in [5.74, 6) is 0.118. The van der Waals surface area contributed by atoms with Crippen molar-refractivity contribution in [2.45, 2.75) is 33.6 Å². The minimum Gasteiger partial charge on any atom is -0.511 e. The number of rotatable bonds is 3. The standard InChI is InChI=1S/C8H15NO2/c1-4-5-8(11)6(2)9-7(3)10/h11H,4-5H2,1-3H3,(H,9,10)/b8-6-. The largest absolute Gasteiger partial charge is 0.511 e. The second kappa shape index (κ2) is 4.77. The van der Waals surface area contributed by atoms with Crippen molar-refractivity contribution in [3.05, 3.63) is 11.5 Å². The number of amides is 1. The minimum atomic E-state index is -0.148. The highest BCUT2D eigenvalue weighted by molar-refractivity contribution is 5.74. The molecule has 0 saturated heterocycles. The molecule has 0 heterocycles. The first kappa shape index (κ1) is 10.0. The summed E-state index contributed by atoms with van der Waals surface area (Å²) < 4.78 is 0. The van der Waals surface area contributed by atoms with E-state index in [0.717, 1.165) is 6.42 Å². The Labute approximate surface area is 67.1 Å². The Hall–Kier alpha value is -0.990. The number of hydrogen-bond donors (Lipinski definition) is 2. The Balaban J connectivity index is 4.04. The lowest BCUT2D eigenvalue weighted by Gasteiger charge is -2.04. The van der Waals surface area contributed by atoms with Crippen LogP contribution in [-0.4, -0.2) is 11.0 Å². The van der Waals surface area contributed by atoms with Crippen molar-refractivity contribution in [2.75, 3.05) is 0 Å². The quantitative estimate of drug-likeness (QED) is 0.613. The van der Waals surface area contributed by atoms with Crippen molar-refractivity contribution >= 4 is 5.91 Å². The van der Waals surface area contributed by atoms with E-state index in [1.54, 1.807) is 6.92 Å². The van der Waals surface area contributed by atoms with Crippen molar-refractivity contribution in [3.63, 3.8) is 0 Å². The highest BCUT2D eigenvalue weighted by Gasteiger charge is 1.99. The van der Waals surface area contributed by atoms with Gasteiger partial charge in [-0.3, -0.25) is 4.79 Å². The predicted octanol–water partition coefficient (Wildman–Crippen LogP) is 1.71. The summed E-state index contributed by atoms with van der Waals surface area (Å²) in [5, 5.41) is 11.7. The van der Waals surface area contributed by atoms with Crippen LogP contribution in [0.25, 0.3) is 0 Å². The van der Waals surface area contributed by atoms with Crippen molar-refractivity contribution in [3.8, 4) is 0 Å². The van der Waals surface area contributed by atoms with Gasteiger partial charge in [0.15, 0.2) is 0 Å². The van der Waals surface area contributed by atoms with E-state index in [4.69, 9.17) is 0 Å². The van der Waals surface area contributed by atoms with Gasteiger partial charge in [-0.25, -0.2) is 0 Å². The second-order valence-corrected chi connectivity index (χ2v) is 2.50. The lowest BCUT2D eigenvalue weighted by atomic mass is 10.2. The molecule has 0 aliphatic carbocycles. The maximum absolute atomic E-state index is 10.5. The first-order valence-electron chi connectivity index (χ1n) is 3.74. The van der Waals surface area contributed by atoms with E-state index >= 15 is 0 Å². The molecule has 3 heteroatoms. The molecule has 1 amide bonds. The van der Waals surface area contributed by atoms with E-state index in [9.17, 15) is 9.90 Å². The zero-order valence-corrected chi connectivity index (χ0v) is 7.27. The van der Waals surface area contributed by atoms with E-state index in [-0.39, 0.29) is 11.7 Å². The third-order valence-corrected chi connectivity index (χ3v) is 1.28. The predicted molar refractivity (Wildman–Crippen MR) is 44.1 cm³/mol. The molecular weight excluding hydrogens is 142 g/mol. The molecule has 0 atom stereocenters. The maximum Gasteiger partial charge on any atom is 0.221 e. The molecule has 0 rings (SSSR count). The zero-order chi connectivity index (χ0) is 8.85. The third kappa shape index (κ3) is 4.42. The molecule has 0 aliphatic rings. The summed E-state index contributed by atoms with van der Waals surface area (Å²) in [6, 6.07) is 0. The molecular formula is C8H15NO2. The van der Waals surface area contributed by atoms with E-state index in [2.05, 4.69) is 5.32 Å². The van der Waals surface area contributed by atoms with E-state index in [1.807, 2.05) is 6.92 Å². The van der Waals surface area contributed by atoms with Crippen molar-refractivity contribution in [1.82, 2.24) is 5.32 Å². The first-order valence-corrected chi connectivity index (χ1v) is 3.74. The molecule has 0 aromatic rings. The van der Waals surface area contributed by atoms with E-state index in [0.29, 0.717) is 12.1 Å². The Morgan fingerprint density at radius 3 is 2.36 bits per heavy atom. The summed E-state index contributed by atoms with van der Waals surface area (Å²) in [4.78, 5) is 10.5. The number of aliphatic hydroxyl groups excluding tert-OH is 1. The SMILES string of the molecule is CCC/C(O)=C(\C)NC(C)=O. The second-order valence-electron chi connectivity index (χ2n) is 2.50.